The van der Waals surface area contributed by atoms with Crippen molar-refractivity contribution in [2.45, 2.75) is 85.5 Å². The lowest BCUT2D eigenvalue weighted by atomic mass is 9.85. The van der Waals surface area contributed by atoms with Gasteiger partial charge < -0.3 is 30.5 Å². The molecule has 1 aliphatic rings. The van der Waals surface area contributed by atoms with Crippen LogP contribution in [0.5, 0.6) is 11.5 Å². The van der Waals surface area contributed by atoms with Crippen LogP contribution in [0.1, 0.15) is 84.6 Å². The van der Waals surface area contributed by atoms with Gasteiger partial charge in [0, 0.05) is 35.3 Å². The van der Waals surface area contributed by atoms with Gasteiger partial charge in [-0.25, -0.2) is 9.79 Å². The first kappa shape index (κ1) is 37.7. The molecule has 0 spiro atoms. The van der Waals surface area contributed by atoms with E-state index in [1.54, 1.807) is 48.7 Å². The fraction of sp³-hybridized carbons (Fsp3) is 0.421. The molecule has 1 aromatic heterocycles. The third-order valence-electron chi connectivity index (χ3n) is 8.35. The Morgan fingerprint density at radius 3 is 2.42 bits per heavy atom. The molecule has 0 radical (unpaired) electrons. The molecule has 12 heteroatoms. The van der Waals surface area contributed by atoms with Gasteiger partial charge in [0.05, 0.1) is 24.5 Å². The number of aromatic nitrogens is 1. The Kier molecular flexibility index (Phi) is 12.5. The second-order valence-electron chi connectivity index (χ2n) is 13.9. The van der Waals surface area contributed by atoms with Crippen LogP contribution < -0.4 is 31.3 Å². The lowest BCUT2D eigenvalue weighted by Crippen LogP contribution is -2.47. The Morgan fingerprint density at radius 1 is 1.06 bits per heavy atom. The molecule has 1 heterocycles. The molecule has 2 amide bonds. The lowest BCUT2D eigenvalue weighted by Gasteiger charge is -2.34. The molecular weight excluding hydrogens is 632 g/mol. The first-order valence-electron chi connectivity index (χ1n) is 17.1. The standard InChI is InChI=1S/C38H52N8O4/c1-24(2)46(25(3)4)36(41)45-23-28(15-18-34(45)40)50-32-17-16-31(29-13-8-9-14-30(29)32)43-37(48)44-35(22-33(39)38(5,6)7)42-26-11-10-12-27(21-26)49-20-19-47/h8-15,18,21-25,31-32,40-41,47H,16-17,19-20,39H2,1-7H3,(H2,42,43,44,48)/b33-22-,40-34?,41-36?. The van der Waals surface area contributed by atoms with Gasteiger partial charge in [-0.05, 0) is 75.9 Å². The minimum Gasteiger partial charge on any atom is -0.491 e. The molecule has 0 saturated heterocycles. The largest absolute Gasteiger partial charge is 0.491 e. The number of carbonyl (C=O) groups is 1. The van der Waals surface area contributed by atoms with E-state index in [9.17, 15) is 4.79 Å². The third kappa shape index (κ3) is 9.75. The molecule has 12 nitrogen and oxygen atoms in total. The minimum absolute atomic E-state index is 0.0863. The number of urea groups is 1. The quantitative estimate of drug-likeness (QED) is 0.111. The highest BCUT2D eigenvalue weighted by Crippen LogP contribution is 2.38. The number of aliphatic hydroxyl groups is 1. The van der Waals surface area contributed by atoms with Crippen LogP contribution in [0.15, 0.2) is 83.6 Å². The van der Waals surface area contributed by atoms with E-state index in [0.29, 0.717) is 35.7 Å². The highest BCUT2D eigenvalue weighted by molar-refractivity contribution is 6.05. The van der Waals surface area contributed by atoms with Crippen molar-refractivity contribution in [2.75, 3.05) is 13.2 Å². The summed E-state index contributed by atoms with van der Waals surface area (Å²) in [6.07, 6.45) is 4.33. The van der Waals surface area contributed by atoms with E-state index in [1.165, 1.54) is 4.57 Å². The van der Waals surface area contributed by atoms with E-state index in [1.807, 2.05) is 77.6 Å². The van der Waals surface area contributed by atoms with Crippen molar-refractivity contribution in [1.29, 1.82) is 10.8 Å². The highest BCUT2D eigenvalue weighted by atomic mass is 16.5. The molecule has 1 aliphatic carbocycles. The van der Waals surface area contributed by atoms with Crippen molar-refractivity contribution in [3.8, 4) is 11.5 Å². The van der Waals surface area contributed by atoms with Crippen molar-refractivity contribution in [3.63, 3.8) is 0 Å². The summed E-state index contributed by atoms with van der Waals surface area (Å²) in [5.41, 5.74) is 9.22. The first-order valence-corrected chi connectivity index (χ1v) is 17.1. The van der Waals surface area contributed by atoms with Gasteiger partial charge in [-0.2, -0.15) is 0 Å². The van der Waals surface area contributed by atoms with Crippen LogP contribution in [0.3, 0.4) is 0 Å². The molecule has 50 heavy (non-hydrogen) atoms. The van der Waals surface area contributed by atoms with Crippen molar-refractivity contribution in [2.24, 2.45) is 16.1 Å². The maximum absolute atomic E-state index is 13.5. The van der Waals surface area contributed by atoms with Crippen molar-refractivity contribution in [1.82, 2.24) is 20.1 Å². The number of hydrogen-bond acceptors (Lipinski definition) is 8. The Hall–Kier alpha value is -5.10. The lowest BCUT2D eigenvalue weighted by molar-refractivity contribution is 0.170. The molecule has 268 valence electrons. The number of ether oxygens (including phenoxy) is 2. The summed E-state index contributed by atoms with van der Waals surface area (Å²) in [6.45, 7) is 14.1. The molecule has 2 unspecified atom stereocenters. The topological polar surface area (TPSA) is 174 Å². The van der Waals surface area contributed by atoms with Crippen LogP contribution >= 0.6 is 0 Å². The molecule has 3 aromatic rings. The monoisotopic (exact) mass is 684 g/mol. The van der Waals surface area contributed by atoms with Crippen LogP contribution in [0.4, 0.5) is 10.5 Å². The van der Waals surface area contributed by atoms with E-state index in [-0.39, 0.29) is 60.1 Å². The average molecular weight is 685 g/mol. The summed E-state index contributed by atoms with van der Waals surface area (Å²) < 4.78 is 13.6. The minimum atomic E-state index is -0.431. The van der Waals surface area contributed by atoms with Gasteiger partial charge >= 0.3 is 6.03 Å². The molecular formula is C38H52N8O4. The number of aliphatic imine (C=N–C) groups is 1. The summed E-state index contributed by atoms with van der Waals surface area (Å²) in [5, 5.41) is 32.5. The van der Waals surface area contributed by atoms with Gasteiger partial charge in [-0.1, -0.05) is 51.1 Å². The van der Waals surface area contributed by atoms with Crippen molar-refractivity contribution < 1.29 is 19.4 Å². The average Bonchev–Trinajstić information content (AvgIpc) is 3.05. The number of allylic oxidation sites excluding steroid dienone is 1. The molecule has 0 bridgehead atoms. The zero-order valence-corrected chi connectivity index (χ0v) is 30.2. The SMILES string of the molecule is CC(C)N(C(=N)n1cc(OC2CCC(NC(=O)NC(/C=C(\N)C(C)(C)C)=Nc3cccc(OCCO)c3)c3ccccc32)ccc1=N)C(C)C. The summed E-state index contributed by atoms with van der Waals surface area (Å²) in [4.78, 5) is 20.1. The fourth-order valence-electron chi connectivity index (χ4n) is 5.84. The van der Waals surface area contributed by atoms with Gasteiger partial charge in [0.2, 0.25) is 5.96 Å². The van der Waals surface area contributed by atoms with Gasteiger partial charge in [-0.3, -0.25) is 20.7 Å². The Bertz CT molecular complexity index is 1760. The van der Waals surface area contributed by atoms with Gasteiger partial charge in [0.25, 0.3) is 0 Å². The summed E-state index contributed by atoms with van der Waals surface area (Å²) >= 11 is 0. The third-order valence-corrected chi connectivity index (χ3v) is 8.35. The number of amidine groups is 1. The molecule has 0 saturated carbocycles. The Morgan fingerprint density at radius 2 is 1.76 bits per heavy atom. The number of aliphatic hydroxyl groups excluding tert-OH is 1. The summed E-state index contributed by atoms with van der Waals surface area (Å²) in [6, 6.07) is 17.8. The smallest absolute Gasteiger partial charge is 0.320 e. The number of amides is 2. The van der Waals surface area contributed by atoms with E-state index in [4.69, 9.17) is 31.1 Å². The normalized spacial score (nSPS) is 16.5. The molecule has 4 rings (SSSR count). The molecule has 0 fully saturated rings. The number of nitrogens with two attached hydrogens (primary N) is 1. The Balaban J connectivity index is 1.54. The van der Waals surface area contributed by atoms with E-state index in [2.05, 4.69) is 15.6 Å². The number of carbonyl (C=O) groups excluding carboxylic acids is 1. The highest BCUT2D eigenvalue weighted by Gasteiger charge is 2.30. The molecule has 7 N–H and O–H groups in total. The van der Waals surface area contributed by atoms with Crippen LogP contribution in [0.2, 0.25) is 0 Å². The molecule has 2 atom stereocenters. The van der Waals surface area contributed by atoms with Gasteiger partial charge in [-0.15, -0.1) is 0 Å². The first-order chi connectivity index (χ1) is 23.7. The Labute approximate surface area is 295 Å². The zero-order chi connectivity index (χ0) is 36.6. The fourth-order valence-corrected chi connectivity index (χ4v) is 5.84. The van der Waals surface area contributed by atoms with Crippen LogP contribution in [-0.2, 0) is 0 Å². The molecule has 2 aromatic carbocycles. The number of benzene rings is 2. The van der Waals surface area contributed by atoms with Crippen LogP contribution in [0, 0.1) is 16.2 Å². The van der Waals surface area contributed by atoms with Gasteiger partial charge in [0.1, 0.15) is 35.5 Å². The number of pyridine rings is 1. The predicted octanol–water partition coefficient (Wildman–Crippen LogP) is 6.11. The number of nitrogens with zero attached hydrogens (tertiary/aromatic N) is 3. The zero-order valence-electron chi connectivity index (χ0n) is 30.2. The van der Waals surface area contributed by atoms with Crippen molar-refractivity contribution >= 4 is 23.5 Å². The summed E-state index contributed by atoms with van der Waals surface area (Å²) in [5.74, 6) is 1.58. The van der Waals surface area contributed by atoms with Gasteiger partial charge in [0.15, 0.2) is 0 Å². The number of nitrogens with one attached hydrogen (secondary N) is 4. The second-order valence-corrected chi connectivity index (χ2v) is 13.9. The number of fused-ring (bicyclic) bond motifs is 1. The predicted molar refractivity (Wildman–Crippen MR) is 197 cm³/mol. The van der Waals surface area contributed by atoms with E-state index in [0.717, 1.165) is 11.1 Å². The number of rotatable bonds is 10. The number of hydrogen-bond donors (Lipinski definition) is 6. The maximum atomic E-state index is 13.5. The van der Waals surface area contributed by atoms with E-state index < -0.39 is 6.03 Å². The van der Waals surface area contributed by atoms with Crippen LogP contribution in [0.25, 0.3) is 0 Å². The van der Waals surface area contributed by atoms with E-state index >= 15 is 0 Å². The maximum Gasteiger partial charge on any atom is 0.320 e. The second kappa shape index (κ2) is 16.5. The molecule has 0 aliphatic heterocycles. The van der Waals surface area contributed by atoms with Crippen LogP contribution in [-0.4, -0.2) is 57.7 Å². The summed E-state index contributed by atoms with van der Waals surface area (Å²) in [7, 11) is 0. The van der Waals surface area contributed by atoms with Crippen molar-refractivity contribution in [3.05, 3.63) is 95.2 Å².